The van der Waals surface area contributed by atoms with Gasteiger partial charge in [-0.1, -0.05) is 30.3 Å². The van der Waals surface area contributed by atoms with Crippen molar-refractivity contribution < 1.29 is 13.9 Å². The van der Waals surface area contributed by atoms with E-state index in [0.29, 0.717) is 12.3 Å². The van der Waals surface area contributed by atoms with Gasteiger partial charge in [-0.05, 0) is 43.7 Å². The molecule has 2 aromatic carbocycles. The highest BCUT2D eigenvalue weighted by molar-refractivity contribution is 5.94. The minimum Gasteiger partial charge on any atom is -0.367 e. The highest BCUT2D eigenvalue weighted by atomic mass is 19.1. The van der Waals surface area contributed by atoms with E-state index >= 15 is 0 Å². The molecule has 3 nitrogen and oxygen atoms in total. The van der Waals surface area contributed by atoms with Gasteiger partial charge in [0.05, 0.1) is 6.61 Å². The fraction of sp³-hybridized carbons (Fsp3) is 0.278. The first-order valence-electron chi connectivity index (χ1n) is 7.27. The summed E-state index contributed by atoms with van der Waals surface area (Å²) in [5, 5.41) is 0. The predicted octanol–water partition coefficient (Wildman–Crippen LogP) is 3.78. The number of hydrogen-bond donors (Lipinski definition) is 0. The molecule has 0 aliphatic rings. The van der Waals surface area contributed by atoms with Crippen LogP contribution in [0.15, 0.2) is 54.6 Å². The molecule has 4 heteroatoms. The molecule has 0 atom stereocenters. The zero-order chi connectivity index (χ0) is 15.9. The van der Waals surface area contributed by atoms with Crippen molar-refractivity contribution in [1.82, 2.24) is 0 Å². The third kappa shape index (κ3) is 4.40. The van der Waals surface area contributed by atoms with Crippen molar-refractivity contribution >= 4 is 11.6 Å². The van der Waals surface area contributed by atoms with Gasteiger partial charge in [0, 0.05) is 11.7 Å². The number of rotatable bonds is 6. The van der Waals surface area contributed by atoms with Crippen LogP contribution in [0.25, 0.3) is 0 Å². The second-order valence-corrected chi connectivity index (χ2v) is 5.31. The van der Waals surface area contributed by atoms with E-state index in [4.69, 9.17) is 4.74 Å². The summed E-state index contributed by atoms with van der Waals surface area (Å²) in [5.41, 5.74) is 1.69. The number of nitrogens with zero attached hydrogens (tertiary/aromatic N) is 1. The van der Waals surface area contributed by atoms with E-state index in [-0.39, 0.29) is 24.4 Å². The summed E-state index contributed by atoms with van der Waals surface area (Å²) in [6.07, 6.45) is 0. The van der Waals surface area contributed by atoms with Crippen LogP contribution < -0.4 is 4.90 Å². The Morgan fingerprint density at radius 1 is 1.09 bits per heavy atom. The van der Waals surface area contributed by atoms with Crippen LogP contribution in [0.3, 0.4) is 0 Å². The topological polar surface area (TPSA) is 29.5 Å². The molecule has 1 amide bonds. The van der Waals surface area contributed by atoms with Crippen molar-refractivity contribution in [2.75, 3.05) is 11.5 Å². The molecule has 0 aliphatic heterocycles. The monoisotopic (exact) mass is 301 g/mol. The number of anilines is 1. The molecule has 0 aromatic heterocycles. The van der Waals surface area contributed by atoms with Gasteiger partial charge in [0.15, 0.2) is 0 Å². The lowest BCUT2D eigenvalue weighted by Crippen LogP contribution is -2.39. The molecule has 0 spiro atoms. The zero-order valence-corrected chi connectivity index (χ0v) is 12.8. The molecule has 0 heterocycles. The Balaban J connectivity index is 1.97. The standard InChI is InChI=1S/C18H20FNO2/c1-14(2)20(17-10-8-16(19)9-11-17)18(21)13-22-12-15-6-4-3-5-7-15/h3-11,14H,12-13H2,1-2H3. The number of hydrogen-bond acceptors (Lipinski definition) is 2. The minimum atomic E-state index is -0.319. The van der Waals surface area contributed by atoms with Gasteiger partial charge >= 0.3 is 0 Å². The lowest BCUT2D eigenvalue weighted by atomic mass is 10.2. The van der Waals surface area contributed by atoms with Gasteiger partial charge in [-0.15, -0.1) is 0 Å². The van der Waals surface area contributed by atoms with Gasteiger partial charge in [-0.2, -0.15) is 0 Å². The van der Waals surface area contributed by atoms with E-state index in [9.17, 15) is 9.18 Å². The number of amides is 1. The Morgan fingerprint density at radius 2 is 1.73 bits per heavy atom. The van der Waals surface area contributed by atoms with Gasteiger partial charge in [0.1, 0.15) is 12.4 Å². The Bertz CT molecular complexity index is 596. The maximum Gasteiger partial charge on any atom is 0.253 e. The molecule has 0 radical (unpaired) electrons. The molecule has 2 aromatic rings. The van der Waals surface area contributed by atoms with E-state index in [0.717, 1.165) is 5.56 Å². The van der Waals surface area contributed by atoms with Gasteiger partial charge in [0.25, 0.3) is 5.91 Å². The highest BCUT2D eigenvalue weighted by Gasteiger charge is 2.19. The Morgan fingerprint density at radius 3 is 2.32 bits per heavy atom. The average molecular weight is 301 g/mol. The number of ether oxygens (including phenoxy) is 1. The van der Waals surface area contributed by atoms with Crippen LogP contribution in [-0.4, -0.2) is 18.6 Å². The molecule has 0 saturated carbocycles. The quantitative estimate of drug-likeness (QED) is 0.812. The summed E-state index contributed by atoms with van der Waals surface area (Å²) in [6, 6.07) is 15.6. The normalized spacial score (nSPS) is 10.7. The predicted molar refractivity (Wildman–Crippen MR) is 85.1 cm³/mol. The largest absolute Gasteiger partial charge is 0.367 e. The maximum absolute atomic E-state index is 13.0. The van der Waals surface area contributed by atoms with Crippen LogP contribution in [0, 0.1) is 5.82 Å². The molecule has 0 unspecified atom stereocenters. The molecule has 0 saturated heterocycles. The third-order valence-corrected chi connectivity index (χ3v) is 3.23. The fourth-order valence-electron chi connectivity index (χ4n) is 2.23. The van der Waals surface area contributed by atoms with Gasteiger partial charge in [-0.25, -0.2) is 4.39 Å². The maximum atomic E-state index is 13.0. The Hall–Kier alpha value is -2.20. The lowest BCUT2D eigenvalue weighted by molar-refractivity contribution is -0.123. The van der Waals surface area contributed by atoms with Gasteiger partial charge in [-0.3, -0.25) is 4.79 Å². The van der Waals surface area contributed by atoms with Crippen molar-refractivity contribution in [3.63, 3.8) is 0 Å². The van der Waals surface area contributed by atoms with Crippen molar-refractivity contribution in [2.24, 2.45) is 0 Å². The Kier molecular flexibility index (Phi) is 5.67. The van der Waals surface area contributed by atoms with E-state index in [1.807, 2.05) is 44.2 Å². The van der Waals surface area contributed by atoms with Crippen molar-refractivity contribution in [3.8, 4) is 0 Å². The van der Waals surface area contributed by atoms with Crippen molar-refractivity contribution in [1.29, 1.82) is 0 Å². The average Bonchev–Trinajstić information content (AvgIpc) is 2.50. The van der Waals surface area contributed by atoms with E-state index in [2.05, 4.69) is 0 Å². The van der Waals surface area contributed by atoms with Crippen molar-refractivity contribution in [3.05, 3.63) is 66.0 Å². The van der Waals surface area contributed by atoms with Gasteiger partial charge < -0.3 is 9.64 Å². The smallest absolute Gasteiger partial charge is 0.253 e. The first-order valence-corrected chi connectivity index (χ1v) is 7.27. The third-order valence-electron chi connectivity index (χ3n) is 3.23. The van der Waals surface area contributed by atoms with Crippen LogP contribution in [-0.2, 0) is 16.1 Å². The molecule has 0 aliphatic carbocycles. The first-order chi connectivity index (χ1) is 10.6. The summed E-state index contributed by atoms with van der Waals surface area (Å²) in [6.45, 7) is 4.21. The zero-order valence-electron chi connectivity index (χ0n) is 12.8. The minimum absolute atomic E-state index is 0.00947. The van der Waals surface area contributed by atoms with Crippen LogP contribution in [0.1, 0.15) is 19.4 Å². The summed E-state index contributed by atoms with van der Waals surface area (Å²) in [5.74, 6) is -0.460. The van der Waals surface area contributed by atoms with Crippen molar-refractivity contribution in [2.45, 2.75) is 26.5 Å². The molecule has 0 N–H and O–H groups in total. The molecule has 0 bridgehead atoms. The van der Waals surface area contributed by atoms with E-state index in [1.54, 1.807) is 17.0 Å². The first kappa shape index (κ1) is 16.2. The van der Waals surface area contributed by atoms with Crippen LogP contribution in [0.2, 0.25) is 0 Å². The molecular formula is C18H20FNO2. The van der Waals surface area contributed by atoms with Crippen LogP contribution in [0.4, 0.5) is 10.1 Å². The van der Waals surface area contributed by atoms with Crippen LogP contribution in [0.5, 0.6) is 0 Å². The SMILES string of the molecule is CC(C)N(C(=O)COCc1ccccc1)c1ccc(F)cc1. The Labute approximate surface area is 130 Å². The molecular weight excluding hydrogens is 281 g/mol. The number of carbonyl (C=O) groups excluding carboxylic acids is 1. The lowest BCUT2D eigenvalue weighted by Gasteiger charge is -2.26. The molecule has 0 fully saturated rings. The second kappa shape index (κ2) is 7.71. The summed E-state index contributed by atoms with van der Waals surface area (Å²) >= 11 is 0. The van der Waals surface area contributed by atoms with Crippen LogP contribution >= 0.6 is 0 Å². The summed E-state index contributed by atoms with van der Waals surface area (Å²) in [4.78, 5) is 14.0. The number of halogens is 1. The summed E-state index contributed by atoms with van der Waals surface area (Å²) < 4.78 is 18.5. The van der Waals surface area contributed by atoms with E-state index in [1.165, 1.54) is 12.1 Å². The van der Waals surface area contributed by atoms with Gasteiger partial charge in [0.2, 0.25) is 0 Å². The summed E-state index contributed by atoms with van der Waals surface area (Å²) in [7, 11) is 0. The molecule has 22 heavy (non-hydrogen) atoms. The second-order valence-electron chi connectivity index (χ2n) is 5.31. The molecule has 2 rings (SSSR count). The number of carbonyl (C=O) groups is 1. The molecule has 116 valence electrons. The van der Waals surface area contributed by atoms with E-state index < -0.39 is 0 Å². The fourth-order valence-corrected chi connectivity index (χ4v) is 2.23. The highest BCUT2D eigenvalue weighted by Crippen LogP contribution is 2.18. The number of benzene rings is 2.